The maximum Gasteiger partial charge on any atom is 0.292 e. The summed E-state index contributed by atoms with van der Waals surface area (Å²) in [7, 11) is 1.31. The van der Waals surface area contributed by atoms with E-state index in [0.29, 0.717) is 11.8 Å². The van der Waals surface area contributed by atoms with Crippen molar-refractivity contribution in [2.24, 2.45) is 0 Å². The molecule has 0 amide bonds. The van der Waals surface area contributed by atoms with Crippen LogP contribution in [-0.2, 0) is 9.53 Å². The summed E-state index contributed by atoms with van der Waals surface area (Å²) in [6.07, 6.45) is 2.50. The van der Waals surface area contributed by atoms with Gasteiger partial charge in [-0.25, -0.2) is 0 Å². The second kappa shape index (κ2) is 4.91. The maximum atomic E-state index is 8.95. The highest BCUT2D eigenvalue weighted by atomic mass is 35.5. The first kappa shape index (κ1) is 7.76. The summed E-state index contributed by atoms with van der Waals surface area (Å²) in [6, 6.07) is 0. The van der Waals surface area contributed by atoms with Gasteiger partial charge in [-0.3, -0.25) is 4.79 Å². The molecule has 1 fully saturated rings. The first-order valence-electron chi connectivity index (χ1n) is 2.41. The van der Waals surface area contributed by atoms with Crippen LogP contribution in [0.5, 0.6) is 0 Å². The molecule has 0 bridgehead atoms. The first-order valence-corrected chi connectivity index (χ1v) is 2.85. The molecule has 0 heterocycles. The normalized spacial score (nSPS) is 15.8. The zero-order valence-electron chi connectivity index (χ0n) is 4.76. The number of ether oxygens (including phenoxy) is 1. The van der Waals surface area contributed by atoms with Crippen LogP contribution in [0.15, 0.2) is 0 Å². The van der Waals surface area contributed by atoms with Gasteiger partial charge in [-0.1, -0.05) is 0 Å². The van der Waals surface area contributed by atoms with E-state index in [1.807, 2.05) is 0 Å². The van der Waals surface area contributed by atoms with Gasteiger partial charge in [-0.15, -0.1) is 11.6 Å². The molecular formula is C5H9ClO2. The number of hydrogen-bond acceptors (Lipinski definition) is 2. The third-order valence-electron chi connectivity index (χ3n) is 0.603. The monoisotopic (exact) mass is 136 g/mol. The fourth-order valence-electron chi connectivity index (χ4n) is 0.0630. The predicted octanol–water partition coefficient (Wildman–Crippen LogP) is 1.18. The quantitative estimate of drug-likeness (QED) is 0.400. The number of rotatable bonds is 1. The van der Waals surface area contributed by atoms with Crippen molar-refractivity contribution in [3.05, 3.63) is 0 Å². The molecule has 0 spiro atoms. The Morgan fingerprint density at radius 3 is 2.00 bits per heavy atom. The molecule has 1 aliphatic rings. The summed E-state index contributed by atoms with van der Waals surface area (Å²) < 4.78 is 3.86. The molecule has 0 aliphatic heterocycles. The highest BCUT2D eigenvalue weighted by Gasteiger charge is 2.15. The van der Waals surface area contributed by atoms with Gasteiger partial charge in [0.2, 0.25) is 0 Å². The average molecular weight is 137 g/mol. The van der Waals surface area contributed by atoms with Crippen molar-refractivity contribution in [3.63, 3.8) is 0 Å². The van der Waals surface area contributed by atoms with E-state index in [4.69, 9.17) is 16.4 Å². The molecule has 8 heavy (non-hydrogen) atoms. The lowest BCUT2D eigenvalue weighted by Crippen LogP contribution is -1.68. The van der Waals surface area contributed by atoms with Gasteiger partial charge in [0.05, 0.1) is 7.11 Å². The number of carbonyl (C=O) groups is 1. The minimum Gasteiger partial charge on any atom is -0.471 e. The van der Waals surface area contributed by atoms with Crippen LogP contribution in [0, 0.1) is 0 Å². The Labute approximate surface area is 53.8 Å². The number of hydrogen-bond donors (Lipinski definition) is 0. The lowest BCUT2D eigenvalue weighted by Gasteiger charge is -1.67. The van der Waals surface area contributed by atoms with Crippen molar-refractivity contribution in [1.29, 1.82) is 0 Å². The van der Waals surface area contributed by atoms with E-state index >= 15 is 0 Å². The fourth-order valence-corrected chi connectivity index (χ4v) is 0.189. The minimum atomic E-state index is 0.375. The van der Waals surface area contributed by atoms with Crippen LogP contribution in [0.25, 0.3) is 0 Å². The number of halogens is 1. The predicted molar refractivity (Wildman–Crippen MR) is 31.9 cm³/mol. The van der Waals surface area contributed by atoms with Gasteiger partial charge in [0.25, 0.3) is 6.47 Å². The molecule has 0 atom stereocenters. The lowest BCUT2D eigenvalue weighted by molar-refractivity contribution is -0.126. The third-order valence-corrected chi connectivity index (χ3v) is 1.04. The average Bonchev–Trinajstić information content (AvgIpc) is 2.52. The van der Waals surface area contributed by atoms with Crippen molar-refractivity contribution in [2.45, 2.75) is 18.2 Å². The van der Waals surface area contributed by atoms with Gasteiger partial charge < -0.3 is 4.74 Å². The van der Waals surface area contributed by atoms with Crippen LogP contribution >= 0.6 is 11.6 Å². The molecule has 1 rings (SSSR count). The van der Waals surface area contributed by atoms with Crippen molar-refractivity contribution < 1.29 is 9.53 Å². The van der Waals surface area contributed by atoms with E-state index < -0.39 is 0 Å². The van der Waals surface area contributed by atoms with E-state index in [0.717, 1.165) is 0 Å². The third kappa shape index (κ3) is 9.23. The topological polar surface area (TPSA) is 26.3 Å². The zero-order valence-corrected chi connectivity index (χ0v) is 5.52. The van der Waals surface area contributed by atoms with Gasteiger partial charge in [0.15, 0.2) is 0 Å². The summed E-state index contributed by atoms with van der Waals surface area (Å²) in [5, 5.41) is 0.556. The summed E-state index contributed by atoms with van der Waals surface area (Å²) in [5.74, 6) is 0. The second-order valence-corrected chi connectivity index (χ2v) is 2.12. The van der Waals surface area contributed by atoms with E-state index in [1.54, 1.807) is 0 Å². The van der Waals surface area contributed by atoms with Crippen LogP contribution in [0.4, 0.5) is 0 Å². The Hall–Kier alpha value is -0.240. The molecule has 2 nitrogen and oxygen atoms in total. The smallest absolute Gasteiger partial charge is 0.292 e. The summed E-state index contributed by atoms with van der Waals surface area (Å²) in [4.78, 5) is 8.95. The molecule has 48 valence electrons. The van der Waals surface area contributed by atoms with Crippen molar-refractivity contribution in [1.82, 2.24) is 0 Å². The molecule has 0 aromatic heterocycles. The van der Waals surface area contributed by atoms with E-state index in [2.05, 4.69) is 4.74 Å². The second-order valence-electron chi connectivity index (χ2n) is 1.51. The molecule has 1 saturated carbocycles. The van der Waals surface area contributed by atoms with E-state index in [1.165, 1.54) is 20.0 Å². The minimum absolute atomic E-state index is 0.375. The summed E-state index contributed by atoms with van der Waals surface area (Å²) in [6.45, 7) is 0.375. The van der Waals surface area contributed by atoms with Crippen LogP contribution in [0.1, 0.15) is 12.8 Å². The van der Waals surface area contributed by atoms with E-state index in [-0.39, 0.29) is 0 Å². The number of carbonyl (C=O) groups excluding carboxylic acids is 1. The molecule has 0 N–H and O–H groups in total. The Kier molecular flexibility index (Phi) is 4.76. The molecule has 3 heteroatoms. The Bertz CT molecular complexity index is 61.4. The molecule has 0 unspecified atom stereocenters. The van der Waals surface area contributed by atoms with Crippen LogP contribution in [-0.4, -0.2) is 19.0 Å². The highest BCUT2D eigenvalue weighted by molar-refractivity contribution is 6.22. The molecule has 0 saturated heterocycles. The molecule has 0 aromatic rings. The van der Waals surface area contributed by atoms with Gasteiger partial charge >= 0.3 is 0 Å². The van der Waals surface area contributed by atoms with Gasteiger partial charge in [-0.05, 0) is 12.8 Å². The van der Waals surface area contributed by atoms with Crippen LogP contribution in [0.3, 0.4) is 0 Å². The molecule has 1 aliphatic carbocycles. The number of methoxy groups -OCH3 is 1. The van der Waals surface area contributed by atoms with E-state index in [9.17, 15) is 0 Å². The fraction of sp³-hybridized carbons (Fsp3) is 0.800. The maximum absolute atomic E-state index is 8.95. The number of alkyl halides is 1. The van der Waals surface area contributed by atoms with Crippen LogP contribution in [0.2, 0.25) is 0 Å². The summed E-state index contributed by atoms with van der Waals surface area (Å²) >= 11 is 5.39. The molecule has 0 radical (unpaired) electrons. The van der Waals surface area contributed by atoms with Gasteiger partial charge in [0.1, 0.15) is 0 Å². The van der Waals surface area contributed by atoms with Gasteiger partial charge in [0, 0.05) is 5.38 Å². The molecular weight excluding hydrogens is 128 g/mol. The lowest BCUT2D eigenvalue weighted by atomic mass is 11.0. The SMILES string of the molecule is COC=O.ClC1CC1. The zero-order chi connectivity index (χ0) is 6.41. The Morgan fingerprint density at radius 2 is 2.00 bits per heavy atom. The molecule has 0 aromatic carbocycles. The van der Waals surface area contributed by atoms with Crippen molar-refractivity contribution in [2.75, 3.05) is 7.11 Å². The first-order chi connectivity index (χ1) is 3.81. The van der Waals surface area contributed by atoms with Crippen molar-refractivity contribution in [3.8, 4) is 0 Å². The highest BCUT2D eigenvalue weighted by Crippen LogP contribution is 2.25. The Balaban J connectivity index is 0.000000122. The summed E-state index contributed by atoms with van der Waals surface area (Å²) in [5.41, 5.74) is 0. The van der Waals surface area contributed by atoms with Crippen molar-refractivity contribution >= 4 is 18.1 Å². The Morgan fingerprint density at radius 1 is 1.75 bits per heavy atom. The van der Waals surface area contributed by atoms with Gasteiger partial charge in [-0.2, -0.15) is 0 Å². The standard InChI is InChI=1S/C3H5Cl.C2H4O2/c4-3-1-2-3;1-4-2-3/h3H,1-2H2;2H,1H3. The largest absolute Gasteiger partial charge is 0.471 e. The van der Waals surface area contributed by atoms with Crippen LogP contribution < -0.4 is 0 Å².